The zero-order chi connectivity index (χ0) is 10.0. The van der Waals surface area contributed by atoms with Gasteiger partial charge in [-0.1, -0.05) is 15.9 Å². The van der Waals surface area contributed by atoms with Crippen LogP contribution in [-0.4, -0.2) is 5.12 Å². The smallest absolute Gasteiger partial charge is 0.190 e. The first-order chi connectivity index (χ1) is 6.00. The monoisotopic (exact) mass is 263 g/mol. The Morgan fingerprint density at radius 2 is 2.23 bits per heavy atom. The van der Waals surface area contributed by atoms with Crippen LogP contribution in [0.4, 0.5) is 10.1 Å². The minimum absolute atomic E-state index is 0.0350. The van der Waals surface area contributed by atoms with E-state index in [4.69, 9.17) is 5.73 Å². The Morgan fingerprint density at radius 1 is 1.62 bits per heavy atom. The van der Waals surface area contributed by atoms with Crippen molar-refractivity contribution in [3.63, 3.8) is 0 Å². The third-order valence-electron chi connectivity index (χ3n) is 1.51. The lowest BCUT2D eigenvalue weighted by atomic mass is 10.1. The Hall–Kier alpha value is -0.550. The van der Waals surface area contributed by atoms with Gasteiger partial charge in [-0.05, 0) is 17.7 Å². The van der Waals surface area contributed by atoms with Gasteiger partial charge in [0.05, 0.1) is 5.69 Å². The summed E-state index contributed by atoms with van der Waals surface area (Å²) in [5, 5.41) is -0.285. The molecule has 1 aromatic carbocycles. The van der Waals surface area contributed by atoms with E-state index in [2.05, 4.69) is 28.6 Å². The molecule has 0 saturated heterocycles. The molecule has 0 aromatic heterocycles. The number of carbonyl (C=O) groups excluding carboxylic acids is 1. The molecule has 0 heterocycles. The average Bonchev–Trinajstić information content (AvgIpc) is 1.99. The van der Waals surface area contributed by atoms with Crippen LogP contribution in [0.1, 0.15) is 5.56 Å². The lowest BCUT2D eigenvalue weighted by molar-refractivity contribution is -0.110. The number of nitrogens with two attached hydrogens (primary N) is 1. The highest BCUT2D eigenvalue weighted by molar-refractivity contribution is 9.10. The number of carbonyl (C=O) groups is 1. The van der Waals surface area contributed by atoms with Crippen LogP contribution >= 0.6 is 28.6 Å². The molecule has 0 aliphatic carbocycles. The minimum atomic E-state index is -0.498. The maximum absolute atomic E-state index is 12.8. The quantitative estimate of drug-likeness (QED) is 0.635. The van der Waals surface area contributed by atoms with Gasteiger partial charge >= 0.3 is 0 Å². The van der Waals surface area contributed by atoms with Gasteiger partial charge in [-0.15, -0.1) is 12.6 Å². The number of halogens is 2. The van der Waals surface area contributed by atoms with E-state index in [0.29, 0.717) is 10.0 Å². The summed E-state index contributed by atoms with van der Waals surface area (Å²) in [6.07, 6.45) is 0.133. The minimum Gasteiger partial charge on any atom is -0.396 e. The second kappa shape index (κ2) is 4.11. The van der Waals surface area contributed by atoms with Gasteiger partial charge in [0.15, 0.2) is 5.12 Å². The first-order valence-electron chi connectivity index (χ1n) is 3.46. The highest BCUT2D eigenvalue weighted by Gasteiger charge is 2.07. The van der Waals surface area contributed by atoms with Crippen LogP contribution in [-0.2, 0) is 11.2 Å². The summed E-state index contributed by atoms with van der Waals surface area (Å²) < 4.78 is 13.4. The molecule has 0 saturated carbocycles. The van der Waals surface area contributed by atoms with Gasteiger partial charge in [0.1, 0.15) is 5.82 Å². The second-order valence-corrected chi connectivity index (χ2v) is 3.89. The molecule has 0 fully saturated rings. The molecule has 1 aromatic rings. The van der Waals surface area contributed by atoms with Crippen molar-refractivity contribution in [2.24, 2.45) is 0 Å². The lowest BCUT2D eigenvalue weighted by Crippen LogP contribution is -1.98. The molecule has 0 spiro atoms. The summed E-state index contributed by atoms with van der Waals surface area (Å²) in [6.45, 7) is 0. The molecule has 2 N–H and O–H groups in total. The predicted octanol–water partition coefficient (Wildman–Crippen LogP) is 2.17. The molecular formula is C8H7BrFNOS. The standard InChI is InChI=1S/C8H7BrFNOS/c9-5-3-6(10)7(11)1-4(5)2-8(12)13/h1,3H,2,11H2,(H,12,13). The maximum atomic E-state index is 12.8. The van der Waals surface area contributed by atoms with E-state index in [-0.39, 0.29) is 17.2 Å². The van der Waals surface area contributed by atoms with E-state index >= 15 is 0 Å². The first-order valence-corrected chi connectivity index (χ1v) is 4.70. The summed E-state index contributed by atoms with van der Waals surface area (Å²) in [5.41, 5.74) is 6.01. The van der Waals surface area contributed by atoms with Gasteiger partial charge < -0.3 is 5.73 Å². The van der Waals surface area contributed by atoms with Crippen molar-refractivity contribution >= 4 is 39.4 Å². The third kappa shape index (κ3) is 2.70. The molecule has 0 bridgehead atoms. The number of anilines is 1. The molecule has 0 aliphatic rings. The lowest BCUT2D eigenvalue weighted by Gasteiger charge is -2.04. The van der Waals surface area contributed by atoms with Crippen molar-refractivity contribution in [3.05, 3.63) is 28.0 Å². The van der Waals surface area contributed by atoms with Crippen LogP contribution in [0.3, 0.4) is 0 Å². The van der Waals surface area contributed by atoms with Crippen molar-refractivity contribution in [1.29, 1.82) is 0 Å². The average molecular weight is 264 g/mol. The van der Waals surface area contributed by atoms with Crippen LogP contribution in [0.15, 0.2) is 16.6 Å². The van der Waals surface area contributed by atoms with Gasteiger partial charge in [0.2, 0.25) is 0 Å². The highest BCUT2D eigenvalue weighted by atomic mass is 79.9. The van der Waals surface area contributed by atoms with Gasteiger partial charge in [-0.3, -0.25) is 4.79 Å². The van der Waals surface area contributed by atoms with E-state index in [0.717, 1.165) is 0 Å². The third-order valence-corrected chi connectivity index (χ3v) is 2.40. The molecule has 2 nitrogen and oxygen atoms in total. The number of hydrogen-bond donors (Lipinski definition) is 2. The molecule has 0 aliphatic heterocycles. The Morgan fingerprint density at radius 3 is 2.77 bits per heavy atom. The Balaban J connectivity index is 3.08. The number of rotatable bonds is 2. The Labute approximate surface area is 88.9 Å². The molecule has 0 radical (unpaired) electrons. The normalized spacial score (nSPS) is 10.1. The number of benzene rings is 1. The molecular weight excluding hydrogens is 257 g/mol. The van der Waals surface area contributed by atoms with Gasteiger partial charge in [-0.25, -0.2) is 4.39 Å². The highest BCUT2D eigenvalue weighted by Crippen LogP contribution is 2.23. The van der Waals surface area contributed by atoms with Gasteiger partial charge in [0, 0.05) is 10.9 Å². The second-order valence-electron chi connectivity index (χ2n) is 2.54. The van der Waals surface area contributed by atoms with E-state index in [1.807, 2.05) is 0 Å². The summed E-state index contributed by atoms with van der Waals surface area (Å²) in [7, 11) is 0. The number of nitrogen functional groups attached to an aromatic ring is 1. The van der Waals surface area contributed by atoms with E-state index in [1.54, 1.807) is 0 Å². The fraction of sp³-hybridized carbons (Fsp3) is 0.125. The summed E-state index contributed by atoms with van der Waals surface area (Å²) in [5.74, 6) is -0.498. The van der Waals surface area contributed by atoms with Crippen molar-refractivity contribution in [2.75, 3.05) is 5.73 Å². The molecule has 70 valence electrons. The van der Waals surface area contributed by atoms with Crippen LogP contribution in [0.25, 0.3) is 0 Å². The molecule has 5 heteroatoms. The van der Waals surface area contributed by atoms with Gasteiger partial charge in [-0.2, -0.15) is 0 Å². The summed E-state index contributed by atoms with van der Waals surface area (Å²) >= 11 is 6.75. The first kappa shape index (κ1) is 10.5. The van der Waals surface area contributed by atoms with Crippen molar-refractivity contribution in [2.45, 2.75) is 6.42 Å². The fourth-order valence-corrected chi connectivity index (χ4v) is 1.54. The topological polar surface area (TPSA) is 43.1 Å². The Bertz CT molecular complexity index is 356. The van der Waals surface area contributed by atoms with E-state index in [9.17, 15) is 9.18 Å². The summed E-state index contributed by atoms with van der Waals surface area (Å²) in [4.78, 5) is 10.7. The van der Waals surface area contributed by atoms with Gasteiger partial charge in [0.25, 0.3) is 0 Å². The molecule has 0 atom stereocenters. The van der Waals surface area contributed by atoms with E-state index < -0.39 is 5.82 Å². The maximum Gasteiger partial charge on any atom is 0.190 e. The van der Waals surface area contributed by atoms with Crippen LogP contribution in [0.2, 0.25) is 0 Å². The zero-order valence-electron chi connectivity index (χ0n) is 6.55. The summed E-state index contributed by atoms with van der Waals surface area (Å²) in [6, 6.07) is 2.66. The molecule has 1 rings (SSSR count). The Kier molecular flexibility index (Phi) is 3.33. The molecule has 13 heavy (non-hydrogen) atoms. The predicted molar refractivity (Wildman–Crippen MR) is 56.2 cm³/mol. The van der Waals surface area contributed by atoms with Crippen LogP contribution < -0.4 is 5.73 Å². The zero-order valence-corrected chi connectivity index (χ0v) is 9.03. The molecule has 0 unspecified atom stereocenters. The molecule has 0 amide bonds. The van der Waals surface area contributed by atoms with Crippen LogP contribution in [0, 0.1) is 5.82 Å². The largest absolute Gasteiger partial charge is 0.396 e. The fourth-order valence-electron chi connectivity index (χ4n) is 0.911. The SMILES string of the molecule is Nc1cc(CC(=O)S)c(Br)cc1F. The van der Waals surface area contributed by atoms with E-state index in [1.165, 1.54) is 12.1 Å². The van der Waals surface area contributed by atoms with Crippen molar-refractivity contribution in [1.82, 2.24) is 0 Å². The van der Waals surface area contributed by atoms with Crippen LogP contribution in [0.5, 0.6) is 0 Å². The van der Waals surface area contributed by atoms with Crippen molar-refractivity contribution in [3.8, 4) is 0 Å². The van der Waals surface area contributed by atoms with Crippen molar-refractivity contribution < 1.29 is 9.18 Å². The number of thiol groups is 1. The number of hydrogen-bond acceptors (Lipinski definition) is 2.